The highest BCUT2D eigenvalue weighted by molar-refractivity contribution is 5.44. The van der Waals surface area contributed by atoms with Gasteiger partial charge in [-0.1, -0.05) is 6.07 Å². The topological polar surface area (TPSA) is 35.6 Å². The summed E-state index contributed by atoms with van der Waals surface area (Å²) in [4.78, 5) is 0. The van der Waals surface area contributed by atoms with Crippen LogP contribution >= 0.6 is 0 Å². The van der Waals surface area contributed by atoms with Crippen LogP contribution in [0.2, 0.25) is 0 Å². The third kappa shape index (κ3) is 2.75. The molecule has 0 unspecified atom stereocenters. The van der Waals surface area contributed by atoms with E-state index in [1.807, 2.05) is 46.3 Å². The van der Waals surface area contributed by atoms with Crippen molar-refractivity contribution in [1.29, 1.82) is 0 Å². The minimum absolute atomic E-state index is 0.817. The lowest BCUT2D eigenvalue weighted by Crippen LogP contribution is -2.10. The zero-order valence-corrected chi connectivity index (χ0v) is 12.7. The predicted molar refractivity (Wildman–Crippen MR) is 83.3 cm³/mol. The van der Waals surface area contributed by atoms with E-state index in [-0.39, 0.29) is 0 Å². The molecule has 0 amide bonds. The molecule has 3 rings (SSSR count). The second kappa shape index (κ2) is 5.56. The fourth-order valence-electron chi connectivity index (χ4n) is 2.87. The molecular formula is C17H20N4. The van der Waals surface area contributed by atoms with Gasteiger partial charge in [-0.15, -0.1) is 0 Å². The van der Waals surface area contributed by atoms with E-state index in [2.05, 4.69) is 37.0 Å². The van der Waals surface area contributed by atoms with Gasteiger partial charge in [-0.2, -0.15) is 10.2 Å². The SMILES string of the molecule is Cc1cc(C)c(Cn2cccn2)c(C)c1Cn1cccn1. The molecule has 0 atom stereocenters. The molecule has 0 saturated heterocycles. The van der Waals surface area contributed by atoms with Crippen molar-refractivity contribution in [3.8, 4) is 0 Å². The molecule has 0 N–H and O–H groups in total. The van der Waals surface area contributed by atoms with Crippen LogP contribution in [0.5, 0.6) is 0 Å². The monoisotopic (exact) mass is 280 g/mol. The maximum absolute atomic E-state index is 4.32. The average Bonchev–Trinajstić information content (AvgIpc) is 3.13. The molecule has 0 aliphatic heterocycles. The first kappa shape index (κ1) is 13.6. The van der Waals surface area contributed by atoms with Crippen LogP contribution in [0.1, 0.15) is 27.8 Å². The van der Waals surface area contributed by atoms with Crippen molar-refractivity contribution in [2.24, 2.45) is 0 Å². The molecule has 0 radical (unpaired) electrons. The molecule has 2 aromatic heterocycles. The van der Waals surface area contributed by atoms with Gasteiger partial charge in [-0.3, -0.25) is 9.36 Å². The van der Waals surface area contributed by atoms with Gasteiger partial charge in [0, 0.05) is 24.8 Å². The molecule has 2 heterocycles. The smallest absolute Gasteiger partial charge is 0.0664 e. The minimum atomic E-state index is 0.817. The number of rotatable bonds is 4. The first-order valence-corrected chi connectivity index (χ1v) is 7.18. The molecule has 4 nitrogen and oxygen atoms in total. The molecule has 21 heavy (non-hydrogen) atoms. The highest BCUT2D eigenvalue weighted by Crippen LogP contribution is 2.24. The van der Waals surface area contributed by atoms with E-state index in [4.69, 9.17) is 0 Å². The second-order valence-corrected chi connectivity index (χ2v) is 5.50. The summed E-state index contributed by atoms with van der Waals surface area (Å²) < 4.78 is 3.95. The van der Waals surface area contributed by atoms with Gasteiger partial charge < -0.3 is 0 Å². The quantitative estimate of drug-likeness (QED) is 0.736. The van der Waals surface area contributed by atoms with Gasteiger partial charge in [-0.25, -0.2) is 0 Å². The summed E-state index contributed by atoms with van der Waals surface area (Å²) >= 11 is 0. The van der Waals surface area contributed by atoms with E-state index in [9.17, 15) is 0 Å². The first-order valence-electron chi connectivity index (χ1n) is 7.18. The van der Waals surface area contributed by atoms with Crippen molar-refractivity contribution in [1.82, 2.24) is 19.6 Å². The van der Waals surface area contributed by atoms with Gasteiger partial charge in [0.1, 0.15) is 0 Å². The minimum Gasteiger partial charge on any atom is -0.268 e. The van der Waals surface area contributed by atoms with Crippen LogP contribution in [-0.4, -0.2) is 19.6 Å². The molecule has 1 aromatic carbocycles. The van der Waals surface area contributed by atoms with Gasteiger partial charge in [0.25, 0.3) is 0 Å². The van der Waals surface area contributed by atoms with Crippen molar-refractivity contribution < 1.29 is 0 Å². The number of aryl methyl sites for hydroxylation is 2. The Bertz CT molecular complexity index is 664. The summed E-state index contributed by atoms with van der Waals surface area (Å²) in [6.45, 7) is 8.19. The summed E-state index contributed by atoms with van der Waals surface area (Å²) in [5.74, 6) is 0. The van der Waals surface area contributed by atoms with Crippen LogP contribution in [0.3, 0.4) is 0 Å². The van der Waals surface area contributed by atoms with Gasteiger partial charge in [0.05, 0.1) is 13.1 Å². The highest BCUT2D eigenvalue weighted by Gasteiger charge is 2.12. The highest BCUT2D eigenvalue weighted by atomic mass is 15.3. The van der Waals surface area contributed by atoms with Crippen molar-refractivity contribution in [3.63, 3.8) is 0 Å². The number of nitrogens with zero attached hydrogens (tertiary/aromatic N) is 4. The van der Waals surface area contributed by atoms with Crippen molar-refractivity contribution >= 4 is 0 Å². The van der Waals surface area contributed by atoms with E-state index in [0.717, 1.165) is 13.1 Å². The second-order valence-electron chi connectivity index (χ2n) is 5.50. The van der Waals surface area contributed by atoms with Crippen LogP contribution in [-0.2, 0) is 13.1 Å². The molecule has 0 fully saturated rings. The number of hydrogen-bond donors (Lipinski definition) is 0. The van der Waals surface area contributed by atoms with Gasteiger partial charge in [0.15, 0.2) is 0 Å². The Morgan fingerprint density at radius 1 is 0.810 bits per heavy atom. The van der Waals surface area contributed by atoms with E-state index < -0.39 is 0 Å². The third-order valence-electron chi connectivity index (χ3n) is 4.05. The summed E-state index contributed by atoms with van der Waals surface area (Å²) in [6.07, 6.45) is 7.66. The lowest BCUT2D eigenvalue weighted by atomic mass is 9.93. The zero-order valence-electron chi connectivity index (χ0n) is 12.7. The number of hydrogen-bond acceptors (Lipinski definition) is 2. The summed E-state index contributed by atoms with van der Waals surface area (Å²) in [6, 6.07) is 6.19. The molecule has 0 saturated carbocycles. The van der Waals surface area contributed by atoms with Gasteiger partial charge in [0.2, 0.25) is 0 Å². The number of aromatic nitrogens is 4. The van der Waals surface area contributed by atoms with Crippen molar-refractivity contribution in [2.45, 2.75) is 33.9 Å². The lowest BCUT2D eigenvalue weighted by Gasteiger charge is -2.17. The first-order chi connectivity index (χ1) is 10.1. The van der Waals surface area contributed by atoms with E-state index in [1.54, 1.807) is 0 Å². The molecule has 0 aliphatic carbocycles. The molecule has 0 spiro atoms. The molecule has 0 bridgehead atoms. The molecule has 4 heteroatoms. The van der Waals surface area contributed by atoms with Crippen LogP contribution in [0.25, 0.3) is 0 Å². The van der Waals surface area contributed by atoms with E-state index in [0.29, 0.717) is 0 Å². The van der Waals surface area contributed by atoms with Crippen molar-refractivity contribution in [3.05, 3.63) is 70.8 Å². The third-order valence-corrected chi connectivity index (χ3v) is 4.05. The fourth-order valence-corrected chi connectivity index (χ4v) is 2.87. The Morgan fingerprint density at radius 2 is 1.29 bits per heavy atom. The Kier molecular flexibility index (Phi) is 3.60. The van der Waals surface area contributed by atoms with Crippen molar-refractivity contribution in [2.75, 3.05) is 0 Å². The van der Waals surface area contributed by atoms with Crippen LogP contribution in [0.4, 0.5) is 0 Å². The zero-order chi connectivity index (χ0) is 14.8. The summed E-state index contributed by atoms with van der Waals surface area (Å²) in [5.41, 5.74) is 6.70. The summed E-state index contributed by atoms with van der Waals surface area (Å²) in [7, 11) is 0. The Hall–Kier alpha value is -2.36. The Morgan fingerprint density at radius 3 is 1.67 bits per heavy atom. The fraction of sp³-hybridized carbons (Fsp3) is 0.294. The van der Waals surface area contributed by atoms with Crippen LogP contribution in [0, 0.1) is 20.8 Å². The normalized spacial score (nSPS) is 11.0. The molecule has 108 valence electrons. The van der Waals surface area contributed by atoms with Crippen LogP contribution < -0.4 is 0 Å². The molecule has 3 aromatic rings. The lowest BCUT2D eigenvalue weighted by molar-refractivity contribution is 0.664. The standard InChI is InChI=1S/C17H20N4/c1-13-10-14(2)17(12-21-9-5-7-19-21)15(3)16(13)11-20-8-4-6-18-20/h4-10H,11-12H2,1-3H3. The summed E-state index contributed by atoms with van der Waals surface area (Å²) in [5, 5.41) is 8.64. The average molecular weight is 280 g/mol. The van der Waals surface area contributed by atoms with Crippen LogP contribution in [0.15, 0.2) is 43.0 Å². The number of benzene rings is 1. The molecule has 0 aliphatic rings. The van der Waals surface area contributed by atoms with Gasteiger partial charge in [-0.05, 0) is 60.7 Å². The Labute approximate surface area is 125 Å². The molecular weight excluding hydrogens is 260 g/mol. The van der Waals surface area contributed by atoms with E-state index >= 15 is 0 Å². The van der Waals surface area contributed by atoms with E-state index in [1.165, 1.54) is 27.8 Å². The maximum atomic E-state index is 4.32. The van der Waals surface area contributed by atoms with Gasteiger partial charge >= 0.3 is 0 Å². The maximum Gasteiger partial charge on any atom is 0.0664 e. The Balaban J connectivity index is 2.00. The predicted octanol–water partition coefficient (Wildman–Crippen LogP) is 3.10. The largest absolute Gasteiger partial charge is 0.268 e.